The fourth-order valence-corrected chi connectivity index (χ4v) is 3.80. The monoisotopic (exact) mass is 288 g/mol. The van der Waals surface area contributed by atoms with Crippen LogP contribution in [0, 0.1) is 19.8 Å². The topological polar surface area (TPSA) is 15.3 Å². The van der Waals surface area contributed by atoms with Crippen molar-refractivity contribution in [2.24, 2.45) is 5.92 Å². The predicted octanol–water partition coefficient (Wildman–Crippen LogP) is 4.07. The summed E-state index contributed by atoms with van der Waals surface area (Å²) in [6.07, 6.45) is 5.53. The van der Waals surface area contributed by atoms with Crippen LogP contribution in [-0.4, -0.2) is 31.6 Å². The van der Waals surface area contributed by atoms with Crippen molar-refractivity contribution < 1.29 is 0 Å². The largest absolute Gasteiger partial charge is 0.312 e. The van der Waals surface area contributed by atoms with Crippen LogP contribution in [0.2, 0.25) is 0 Å². The van der Waals surface area contributed by atoms with E-state index >= 15 is 0 Å². The number of nitrogens with one attached hydrogen (secondary N) is 1. The van der Waals surface area contributed by atoms with E-state index in [1.54, 1.807) is 0 Å². The molecule has 0 radical (unpaired) electrons. The van der Waals surface area contributed by atoms with Crippen molar-refractivity contribution >= 4 is 0 Å². The third-order valence-corrected chi connectivity index (χ3v) is 5.15. The molecule has 1 aliphatic rings. The quantitative estimate of drug-likeness (QED) is 0.878. The number of rotatable bonds is 5. The normalized spacial score (nSPS) is 24.3. The highest BCUT2D eigenvalue weighted by Gasteiger charge is 2.24. The molecule has 2 rings (SSSR count). The van der Waals surface area contributed by atoms with Crippen LogP contribution in [0.25, 0.3) is 0 Å². The fourth-order valence-electron chi connectivity index (χ4n) is 3.80. The van der Waals surface area contributed by atoms with Gasteiger partial charge in [0.05, 0.1) is 0 Å². The lowest BCUT2D eigenvalue weighted by molar-refractivity contribution is 0.152. The van der Waals surface area contributed by atoms with E-state index in [0.717, 1.165) is 18.5 Å². The van der Waals surface area contributed by atoms with Gasteiger partial charge in [0, 0.05) is 18.6 Å². The van der Waals surface area contributed by atoms with Gasteiger partial charge >= 0.3 is 0 Å². The van der Waals surface area contributed by atoms with Crippen molar-refractivity contribution in [3.8, 4) is 0 Å². The number of hydrogen-bond acceptors (Lipinski definition) is 2. The zero-order valence-corrected chi connectivity index (χ0v) is 14.4. The van der Waals surface area contributed by atoms with E-state index in [1.165, 1.54) is 42.4 Å². The van der Waals surface area contributed by atoms with Gasteiger partial charge in [-0.3, -0.25) is 0 Å². The molecule has 0 spiro atoms. The molecule has 2 nitrogen and oxygen atoms in total. The molecule has 118 valence electrons. The Morgan fingerprint density at radius 3 is 2.67 bits per heavy atom. The van der Waals surface area contributed by atoms with Gasteiger partial charge in [0.25, 0.3) is 0 Å². The molecule has 0 heterocycles. The number of nitrogens with zero attached hydrogens (tertiary/aromatic N) is 1. The molecule has 0 aromatic heterocycles. The molecule has 2 heteroatoms. The van der Waals surface area contributed by atoms with Crippen LogP contribution >= 0.6 is 0 Å². The summed E-state index contributed by atoms with van der Waals surface area (Å²) in [5.74, 6) is 0.889. The minimum Gasteiger partial charge on any atom is -0.312 e. The molecule has 0 saturated heterocycles. The van der Waals surface area contributed by atoms with E-state index in [1.807, 2.05) is 0 Å². The first-order valence-corrected chi connectivity index (χ1v) is 8.46. The molecule has 3 unspecified atom stereocenters. The molecule has 21 heavy (non-hydrogen) atoms. The molecule has 3 atom stereocenters. The summed E-state index contributed by atoms with van der Waals surface area (Å²) in [7, 11) is 4.39. The van der Waals surface area contributed by atoms with Gasteiger partial charge in [-0.05, 0) is 57.8 Å². The maximum atomic E-state index is 3.52. The second-order valence-corrected chi connectivity index (χ2v) is 7.07. The van der Waals surface area contributed by atoms with E-state index in [-0.39, 0.29) is 0 Å². The molecule has 1 fully saturated rings. The van der Waals surface area contributed by atoms with Crippen molar-refractivity contribution in [2.45, 2.75) is 58.5 Å². The summed E-state index contributed by atoms with van der Waals surface area (Å²) in [6, 6.07) is 8.00. The van der Waals surface area contributed by atoms with E-state index in [9.17, 15) is 0 Å². The van der Waals surface area contributed by atoms with Crippen molar-refractivity contribution in [1.29, 1.82) is 0 Å². The molecule has 1 aromatic rings. The lowest BCUT2D eigenvalue weighted by Gasteiger charge is -2.36. The molecule has 1 aliphatic carbocycles. The van der Waals surface area contributed by atoms with Crippen molar-refractivity contribution in [3.05, 3.63) is 34.9 Å². The maximum Gasteiger partial charge on any atom is 0.0449 e. The van der Waals surface area contributed by atoms with Crippen LogP contribution in [0.15, 0.2) is 18.2 Å². The standard InChI is InChI=1S/C19H32N2/c1-14-7-6-8-17(12-14)21(5)13-19(20-4)18-10-9-15(2)11-16(18)3/h9-11,14,17,19-20H,6-8,12-13H2,1-5H3. The van der Waals surface area contributed by atoms with Crippen molar-refractivity contribution in [2.75, 3.05) is 20.6 Å². The molecule has 1 aromatic carbocycles. The summed E-state index contributed by atoms with van der Waals surface area (Å²) < 4.78 is 0. The summed E-state index contributed by atoms with van der Waals surface area (Å²) in [5, 5.41) is 3.52. The summed E-state index contributed by atoms with van der Waals surface area (Å²) in [5.41, 5.74) is 4.19. The fraction of sp³-hybridized carbons (Fsp3) is 0.684. The van der Waals surface area contributed by atoms with Crippen LogP contribution < -0.4 is 5.32 Å². The van der Waals surface area contributed by atoms with E-state index in [4.69, 9.17) is 0 Å². The lowest BCUT2D eigenvalue weighted by Crippen LogP contribution is -2.40. The number of benzene rings is 1. The smallest absolute Gasteiger partial charge is 0.0449 e. The minimum absolute atomic E-state index is 0.424. The first kappa shape index (κ1) is 16.5. The van der Waals surface area contributed by atoms with Crippen LogP contribution in [0.4, 0.5) is 0 Å². The second kappa shape index (κ2) is 7.42. The Labute approximate surface area is 130 Å². The number of hydrogen-bond donors (Lipinski definition) is 1. The van der Waals surface area contributed by atoms with Gasteiger partial charge in [0.1, 0.15) is 0 Å². The van der Waals surface area contributed by atoms with E-state index < -0.39 is 0 Å². The average Bonchev–Trinajstić information content (AvgIpc) is 2.45. The van der Waals surface area contributed by atoms with Gasteiger partial charge in [0.15, 0.2) is 0 Å². The predicted molar refractivity (Wildman–Crippen MR) is 91.8 cm³/mol. The lowest BCUT2D eigenvalue weighted by atomic mass is 9.86. The number of likely N-dealkylation sites (N-methyl/N-ethyl adjacent to an activating group) is 2. The zero-order valence-electron chi connectivity index (χ0n) is 14.4. The molecule has 1 saturated carbocycles. The Kier molecular flexibility index (Phi) is 5.83. The van der Waals surface area contributed by atoms with Crippen LogP contribution in [-0.2, 0) is 0 Å². The van der Waals surface area contributed by atoms with Crippen LogP contribution in [0.5, 0.6) is 0 Å². The highest BCUT2D eigenvalue weighted by Crippen LogP contribution is 2.28. The van der Waals surface area contributed by atoms with Gasteiger partial charge in [0.2, 0.25) is 0 Å². The second-order valence-electron chi connectivity index (χ2n) is 7.07. The van der Waals surface area contributed by atoms with Crippen LogP contribution in [0.3, 0.4) is 0 Å². The Morgan fingerprint density at radius 1 is 1.29 bits per heavy atom. The summed E-state index contributed by atoms with van der Waals surface area (Å²) >= 11 is 0. The highest BCUT2D eigenvalue weighted by molar-refractivity contribution is 5.33. The molecule has 1 N–H and O–H groups in total. The maximum absolute atomic E-state index is 3.52. The SMILES string of the molecule is CNC(CN(C)C1CCCC(C)C1)c1ccc(C)cc1C. The van der Waals surface area contributed by atoms with E-state index in [0.29, 0.717) is 6.04 Å². The van der Waals surface area contributed by atoms with Gasteiger partial charge in [-0.2, -0.15) is 0 Å². The molecule has 0 bridgehead atoms. The Bertz CT molecular complexity index is 455. The molecular weight excluding hydrogens is 256 g/mol. The molecule has 0 aliphatic heterocycles. The van der Waals surface area contributed by atoms with Crippen molar-refractivity contribution in [1.82, 2.24) is 10.2 Å². The summed E-state index contributed by atoms with van der Waals surface area (Å²) in [4.78, 5) is 2.58. The minimum atomic E-state index is 0.424. The first-order chi connectivity index (χ1) is 10.0. The highest BCUT2D eigenvalue weighted by atomic mass is 15.2. The first-order valence-electron chi connectivity index (χ1n) is 8.46. The van der Waals surface area contributed by atoms with Gasteiger partial charge < -0.3 is 10.2 Å². The van der Waals surface area contributed by atoms with E-state index in [2.05, 4.69) is 63.3 Å². The van der Waals surface area contributed by atoms with Crippen molar-refractivity contribution in [3.63, 3.8) is 0 Å². The Morgan fingerprint density at radius 2 is 2.05 bits per heavy atom. The number of aryl methyl sites for hydroxylation is 2. The third kappa shape index (κ3) is 4.31. The Balaban J connectivity index is 2.04. The zero-order chi connectivity index (χ0) is 15.4. The third-order valence-electron chi connectivity index (χ3n) is 5.15. The average molecular weight is 288 g/mol. The van der Waals surface area contributed by atoms with Crippen LogP contribution in [0.1, 0.15) is 55.3 Å². The van der Waals surface area contributed by atoms with Gasteiger partial charge in [-0.1, -0.05) is 43.5 Å². The molecule has 0 amide bonds. The summed E-state index contributed by atoms with van der Waals surface area (Å²) in [6.45, 7) is 7.90. The van der Waals surface area contributed by atoms with Gasteiger partial charge in [-0.15, -0.1) is 0 Å². The van der Waals surface area contributed by atoms with Gasteiger partial charge in [-0.25, -0.2) is 0 Å². The molecular formula is C19H32N2. The Hall–Kier alpha value is -0.860.